The van der Waals surface area contributed by atoms with Crippen LogP contribution in [0.15, 0.2) is 48.3 Å². The minimum Gasteiger partial charge on any atom is -0.496 e. The predicted molar refractivity (Wildman–Crippen MR) is 84.2 cm³/mol. The van der Waals surface area contributed by atoms with Gasteiger partial charge in [0.25, 0.3) is 5.91 Å². The summed E-state index contributed by atoms with van der Waals surface area (Å²) in [4.78, 5) is 16.0. The number of nitriles is 1. The van der Waals surface area contributed by atoms with Crippen LogP contribution in [-0.4, -0.2) is 18.0 Å². The Hall–Kier alpha value is -3.13. The van der Waals surface area contributed by atoms with Crippen LogP contribution in [0.3, 0.4) is 0 Å². The number of anilines is 1. The van der Waals surface area contributed by atoms with Gasteiger partial charge < -0.3 is 10.1 Å². The fourth-order valence-electron chi connectivity index (χ4n) is 1.94. The first-order chi connectivity index (χ1) is 10.6. The Morgan fingerprint density at radius 3 is 2.82 bits per heavy atom. The molecule has 0 fully saturated rings. The lowest BCUT2D eigenvalue weighted by atomic mass is 10.1. The third-order valence-electron chi connectivity index (χ3n) is 3.01. The van der Waals surface area contributed by atoms with Crippen LogP contribution >= 0.6 is 0 Å². The molecule has 1 aromatic heterocycles. The molecule has 0 spiro atoms. The fraction of sp³-hybridized carbons (Fsp3) is 0.118. The molecule has 2 rings (SSSR count). The van der Waals surface area contributed by atoms with Crippen molar-refractivity contribution in [2.75, 3.05) is 12.4 Å². The Bertz CT molecular complexity index is 746. The molecule has 5 heteroatoms. The number of carbonyl (C=O) groups is 1. The van der Waals surface area contributed by atoms with E-state index in [0.717, 1.165) is 16.9 Å². The summed E-state index contributed by atoms with van der Waals surface area (Å²) in [6, 6.07) is 10.8. The molecule has 0 atom stereocenters. The largest absolute Gasteiger partial charge is 0.496 e. The van der Waals surface area contributed by atoms with Gasteiger partial charge in [0, 0.05) is 6.20 Å². The van der Waals surface area contributed by atoms with Gasteiger partial charge in [-0.25, -0.2) is 0 Å². The molecule has 1 amide bonds. The molecular formula is C17H15N3O2. The van der Waals surface area contributed by atoms with E-state index >= 15 is 0 Å². The Morgan fingerprint density at radius 2 is 2.23 bits per heavy atom. The zero-order valence-corrected chi connectivity index (χ0v) is 12.3. The summed E-state index contributed by atoms with van der Waals surface area (Å²) in [6.45, 7) is 1.90. The molecule has 0 saturated heterocycles. The first kappa shape index (κ1) is 15.3. The standard InChI is InChI=1S/C17H15N3O2/c1-12-8-13(5-6-16(12)22-2)9-14(10-18)17(21)20-15-4-3-7-19-11-15/h3-9,11H,1-2H3,(H,20,21)/b14-9+. The van der Waals surface area contributed by atoms with Crippen LogP contribution in [0.5, 0.6) is 5.75 Å². The number of benzene rings is 1. The molecule has 0 bridgehead atoms. The molecule has 0 aliphatic rings. The molecule has 5 nitrogen and oxygen atoms in total. The Morgan fingerprint density at radius 1 is 1.41 bits per heavy atom. The molecule has 0 saturated carbocycles. The van der Waals surface area contributed by atoms with Crippen molar-refractivity contribution in [2.45, 2.75) is 6.92 Å². The van der Waals surface area contributed by atoms with Crippen LogP contribution in [0.4, 0.5) is 5.69 Å². The minimum absolute atomic E-state index is 0.0217. The van der Waals surface area contributed by atoms with Crippen LogP contribution in [0.25, 0.3) is 6.08 Å². The highest BCUT2D eigenvalue weighted by molar-refractivity contribution is 6.09. The van der Waals surface area contributed by atoms with Gasteiger partial charge >= 0.3 is 0 Å². The smallest absolute Gasteiger partial charge is 0.266 e. The van der Waals surface area contributed by atoms with Crippen LogP contribution < -0.4 is 10.1 Å². The van der Waals surface area contributed by atoms with E-state index in [1.54, 1.807) is 37.6 Å². The van der Waals surface area contributed by atoms with Crippen molar-refractivity contribution in [2.24, 2.45) is 0 Å². The summed E-state index contributed by atoms with van der Waals surface area (Å²) in [6.07, 6.45) is 4.67. The highest BCUT2D eigenvalue weighted by atomic mass is 16.5. The zero-order chi connectivity index (χ0) is 15.9. The summed E-state index contributed by atoms with van der Waals surface area (Å²) in [5, 5.41) is 11.8. The number of aryl methyl sites for hydroxylation is 1. The van der Waals surface area contributed by atoms with Crippen molar-refractivity contribution in [3.8, 4) is 11.8 Å². The summed E-state index contributed by atoms with van der Waals surface area (Å²) in [5.74, 6) is 0.291. The SMILES string of the molecule is COc1ccc(/C=C(\C#N)C(=O)Nc2cccnc2)cc1C. The summed E-state index contributed by atoms with van der Waals surface area (Å²) < 4.78 is 5.19. The Labute approximate surface area is 128 Å². The van der Waals surface area contributed by atoms with Gasteiger partial charge in [-0.1, -0.05) is 6.07 Å². The second kappa shape index (κ2) is 7.04. The molecule has 1 N–H and O–H groups in total. The maximum Gasteiger partial charge on any atom is 0.266 e. The van der Waals surface area contributed by atoms with E-state index in [0.29, 0.717) is 5.69 Å². The fourth-order valence-corrected chi connectivity index (χ4v) is 1.94. The number of rotatable bonds is 4. The van der Waals surface area contributed by atoms with Gasteiger partial charge in [-0.15, -0.1) is 0 Å². The average Bonchev–Trinajstić information content (AvgIpc) is 2.53. The number of hydrogen-bond acceptors (Lipinski definition) is 4. The summed E-state index contributed by atoms with van der Waals surface area (Å²) in [5.41, 5.74) is 2.25. The molecule has 110 valence electrons. The van der Waals surface area contributed by atoms with Gasteiger partial charge in [-0.3, -0.25) is 9.78 Å². The molecule has 1 heterocycles. The molecule has 0 aliphatic carbocycles. The van der Waals surface area contributed by atoms with Crippen molar-refractivity contribution in [1.82, 2.24) is 4.98 Å². The molecule has 0 radical (unpaired) electrons. The van der Waals surface area contributed by atoms with E-state index in [2.05, 4.69) is 10.3 Å². The third kappa shape index (κ3) is 3.70. The second-order valence-corrected chi connectivity index (χ2v) is 4.59. The zero-order valence-electron chi connectivity index (χ0n) is 12.3. The summed E-state index contributed by atoms with van der Waals surface area (Å²) in [7, 11) is 1.60. The average molecular weight is 293 g/mol. The maximum absolute atomic E-state index is 12.1. The van der Waals surface area contributed by atoms with Gasteiger partial charge in [0.15, 0.2) is 0 Å². The molecule has 0 unspecified atom stereocenters. The lowest BCUT2D eigenvalue weighted by Crippen LogP contribution is -2.13. The van der Waals surface area contributed by atoms with Crippen molar-refractivity contribution in [3.63, 3.8) is 0 Å². The van der Waals surface area contributed by atoms with E-state index in [1.165, 1.54) is 12.3 Å². The summed E-state index contributed by atoms with van der Waals surface area (Å²) >= 11 is 0. The highest BCUT2D eigenvalue weighted by Crippen LogP contribution is 2.20. The second-order valence-electron chi connectivity index (χ2n) is 4.59. The van der Waals surface area contributed by atoms with Crippen molar-refractivity contribution in [1.29, 1.82) is 5.26 Å². The van der Waals surface area contributed by atoms with E-state index in [-0.39, 0.29) is 5.57 Å². The lowest BCUT2D eigenvalue weighted by Gasteiger charge is -2.06. The van der Waals surface area contributed by atoms with E-state index in [4.69, 9.17) is 4.74 Å². The van der Waals surface area contributed by atoms with Crippen LogP contribution in [0, 0.1) is 18.3 Å². The topological polar surface area (TPSA) is 75.0 Å². The Balaban J connectivity index is 2.22. The van der Waals surface area contributed by atoms with E-state index in [1.807, 2.05) is 19.1 Å². The number of amides is 1. The van der Waals surface area contributed by atoms with E-state index in [9.17, 15) is 10.1 Å². The number of pyridine rings is 1. The molecule has 22 heavy (non-hydrogen) atoms. The molecule has 2 aromatic rings. The van der Waals surface area contributed by atoms with Gasteiger partial charge in [-0.2, -0.15) is 5.26 Å². The maximum atomic E-state index is 12.1. The van der Waals surface area contributed by atoms with Gasteiger partial charge in [0.1, 0.15) is 17.4 Å². The first-order valence-electron chi connectivity index (χ1n) is 6.62. The van der Waals surface area contributed by atoms with Crippen LogP contribution in [-0.2, 0) is 4.79 Å². The highest BCUT2D eigenvalue weighted by Gasteiger charge is 2.10. The van der Waals surface area contributed by atoms with Crippen LogP contribution in [0.1, 0.15) is 11.1 Å². The van der Waals surface area contributed by atoms with Crippen molar-refractivity contribution < 1.29 is 9.53 Å². The molecular weight excluding hydrogens is 278 g/mol. The normalized spacial score (nSPS) is 10.7. The monoisotopic (exact) mass is 293 g/mol. The number of carbonyl (C=O) groups excluding carboxylic acids is 1. The number of nitrogens with one attached hydrogen (secondary N) is 1. The number of ether oxygens (including phenoxy) is 1. The third-order valence-corrected chi connectivity index (χ3v) is 3.01. The van der Waals surface area contributed by atoms with Gasteiger partial charge in [-0.05, 0) is 48.4 Å². The quantitative estimate of drug-likeness (QED) is 0.694. The first-order valence-corrected chi connectivity index (χ1v) is 6.62. The Kier molecular flexibility index (Phi) is 4.89. The van der Waals surface area contributed by atoms with Crippen molar-refractivity contribution in [3.05, 3.63) is 59.4 Å². The predicted octanol–water partition coefficient (Wildman–Crippen LogP) is 2.94. The van der Waals surface area contributed by atoms with Crippen LogP contribution in [0.2, 0.25) is 0 Å². The number of hydrogen-bond donors (Lipinski definition) is 1. The van der Waals surface area contributed by atoms with Gasteiger partial charge in [0.05, 0.1) is 19.0 Å². The molecule has 0 aliphatic heterocycles. The number of nitrogens with zero attached hydrogens (tertiary/aromatic N) is 2. The number of aromatic nitrogens is 1. The minimum atomic E-state index is -0.469. The number of methoxy groups -OCH3 is 1. The van der Waals surface area contributed by atoms with Crippen molar-refractivity contribution >= 4 is 17.7 Å². The van der Waals surface area contributed by atoms with E-state index < -0.39 is 5.91 Å². The lowest BCUT2D eigenvalue weighted by molar-refractivity contribution is -0.112. The molecule has 1 aromatic carbocycles. The van der Waals surface area contributed by atoms with Gasteiger partial charge in [0.2, 0.25) is 0 Å².